The molecular weight excluding hydrogens is 596 g/mol. The van der Waals surface area contributed by atoms with Crippen LogP contribution in [0.15, 0.2) is 24.3 Å². The van der Waals surface area contributed by atoms with Gasteiger partial charge in [0, 0.05) is 39.4 Å². The minimum atomic E-state index is -0.878. The second kappa shape index (κ2) is 13.7. The van der Waals surface area contributed by atoms with E-state index in [1.54, 1.807) is 0 Å². The maximum atomic E-state index is 13.1. The van der Waals surface area contributed by atoms with E-state index in [2.05, 4.69) is 53.7 Å². The highest BCUT2D eigenvalue weighted by Crippen LogP contribution is 2.23. The zero-order valence-electron chi connectivity index (χ0n) is 15.3. The van der Waals surface area contributed by atoms with Gasteiger partial charge in [-0.25, -0.2) is 17.6 Å². The molecule has 0 atom stereocenters. The van der Waals surface area contributed by atoms with Crippen molar-refractivity contribution < 1.29 is 36.6 Å². The molecule has 0 aromatic heterocycles. The fourth-order valence-corrected chi connectivity index (χ4v) is 2.27. The van der Waals surface area contributed by atoms with Gasteiger partial charge in [-0.05, 0) is 31.2 Å². The standard InChI is InChI=1S/C9H7BrF2O2.C9H8F2O2.Br2/c1-14-9-6(11)2-5(3-7(9)12)8(13)4-10;1-5(12)6-3-7(10)9(13-2)8(11)4-6;1-2/h2-3H,4H2,1H3;3-4H,1-2H3;. The van der Waals surface area contributed by atoms with Gasteiger partial charge >= 0.3 is 0 Å². The molecule has 0 saturated carbocycles. The summed E-state index contributed by atoms with van der Waals surface area (Å²) in [6, 6.07) is 3.80. The number of carbonyl (C=O) groups is 2. The van der Waals surface area contributed by atoms with Crippen molar-refractivity contribution in [2.45, 2.75) is 6.92 Å². The molecule has 2 aromatic rings. The van der Waals surface area contributed by atoms with Gasteiger partial charge in [-0.3, -0.25) is 9.59 Å². The Morgan fingerprint density at radius 3 is 1.34 bits per heavy atom. The summed E-state index contributed by atoms with van der Waals surface area (Å²) in [5.41, 5.74) is -0.0199. The van der Waals surface area contributed by atoms with E-state index in [0.717, 1.165) is 38.5 Å². The quantitative estimate of drug-likeness (QED) is 0.223. The molecule has 0 saturated heterocycles. The van der Waals surface area contributed by atoms with Crippen molar-refractivity contribution >= 4 is 55.8 Å². The minimum absolute atomic E-state index is 0.00389. The van der Waals surface area contributed by atoms with Gasteiger partial charge in [0.05, 0.1) is 19.5 Å². The van der Waals surface area contributed by atoms with Crippen molar-refractivity contribution in [3.05, 3.63) is 58.7 Å². The maximum Gasteiger partial charge on any atom is 0.190 e. The van der Waals surface area contributed by atoms with Crippen LogP contribution in [0.25, 0.3) is 0 Å². The highest BCUT2D eigenvalue weighted by Gasteiger charge is 2.15. The van der Waals surface area contributed by atoms with Gasteiger partial charge in [0.2, 0.25) is 0 Å². The Morgan fingerprint density at radius 2 is 1.10 bits per heavy atom. The molecule has 0 spiro atoms. The average Bonchev–Trinajstić information content (AvgIpc) is 2.68. The lowest BCUT2D eigenvalue weighted by Crippen LogP contribution is -2.03. The van der Waals surface area contributed by atoms with Crippen LogP contribution in [0.1, 0.15) is 27.6 Å². The number of carbonyl (C=O) groups excluding carboxylic acids is 2. The van der Waals surface area contributed by atoms with Gasteiger partial charge in [0.1, 0.15) is 0 Å². The molecule has 160 valence electrons. The molecule has 0 bridgehead atoms. The molecule has 2 aromatic carbocycles. The molecule has 0 N–H and O–H groups in total. The van der Waals surface area contributed by atoms with Crippen molar-refractivity contribution in [2.24, 2.45) is 0 Å². The van der Waals surface area contributed by atoms with E-state index in [1.165, 1.54) is 6.92 Å². The summed E-state index contributed by atoms with van der Waals surface area (Å²) < 4.78 is 61.0. The summed E-state index contributed by atoms with van der Waals surface area (Å²) in [5, 5.41) is 0.0260. The van der Waals surface area contributed by atoms with E-state index in [0.29, 0.717) is 0 Å². The molecule has 0 aliphatic carbocycles. The van der Waals surface area contributed by atoms with Crippen LogP contribution in [-0.2, 0) is 0 Å². The highest BCUT2D eigenvalue weighted by atomic mass is 80.9. The van der Waals surface area contributed by atoms with Crippen molar-refractivity contribution in [3.63, 3.8) is 0 Å². The summed E-state index contributed by atoms with van der Waals surface area (Å²) >= 11 is 8.41. The van der Waals surface area contributed by atoms with Gasteiger partial charge in [-0.15, -0.1) is 0 Å². The first kappa shape index (κ1) is 27.5. The number of benzene rings is 2. The third-order valence-corrected chi connectivity index (χ3v) is 3.76. The van der Waals surface area contributed by atoms with E-state index >= 15 is 0 Å². The Morgan fingerprint density at radius 1 is 0.793 bits per heavy atom. The summed E-state index contributed by atoms with van der Waals surface area (Å²) in [5.74, 6) is -5.21. The van der Waals surface area contributed by atoms with Crippen LogP contribution in [0.3, 0.4) is 0 Å². The molecule has 0 amide bonds. The van der Waals surface area contributed by atoms with E-state index in [4.69, 9.17) is 0 Å². The molecular formula is C18H15Br3F4O4. The van der Waals surface area contributed by atoms with Gasteiger partial charge in [0.25, 0.3) is 0 Å². The first-order valence-corrected chi connectivity index (χ1v) is 12.3. The van der Waals surface area contributed by atoms with E-state index < -0.39 is 34.8 Å². The largest absolute Gasteiger partial charge is 0.491 e. The zero-order valence-corrected chi connectivity index (χ0v) is 20.1. The Hall–Kier alpha value is -1.46. The summed E-state index contributed by atoms with van der Waals surface area (Å²) in [6.45, 7) is 1.24. The molecule has 0 fully saturated rings. The third-order valence-electron chi connectivity index (χ3n) is 3.25. The number of halogens is 7. The lowest BCUT2D eigenvalue weighted by Gasteiger charge is -2.04. The monoisotopic (exact) mass is 608 g/mol. The summed E-state index contributed by atoms with van der Waals surface area (Å²) in [4.78, 5) is 21.9. The fourth-order valence-electron chi connectivity index (χ4n) is 1.95. The number of hydrogen-bond donors (Lipinski definition) is 0. The number of methoxy groups -OCH3 is 2. The van der Waals surface area contributed by atoms with Gasteiger partial charge < -0.3 is 9.47 Å². The van der Waals surface area contributed by atoms with Crippen LogP contribution in [0, 0.1) is 23.3 Å². The number of ketones is 2. The SMILES string of the molecule is BrBr.COc1c(F)cc(C(=O)CBr)cc1F.COc1c(F)cc(C(C)=O)cc1F. The van der Waals surface area contributed by atoms with Crippen molar-refractivity contribution in [2.75, 3.05) is 19.5 Å². The van der Waals surface area contributed by atoms with Crippen LogP contribution in [-0.4, -0.2) is 31.1 Å². The summed E-state index contributed by atoms with van der Waals surface area (Å²) in [7, 11) is 2.32. The lowest BCUT2D eigenvalue weighted by molar-refractivity contribution is 0.101. The van der Waals surface area contributed by atoms with Crippen LogP contribution in [0.5, 0.6) is 11.5 Å². The van der Waals surface area contributed by atoms with Crippen molar-refractivity contribution in [1.29, 1.82) is 0 Å². The molecule has 0 aliphatic heterocycles. The molecule has 0 radical (unpaired) electrons. The zero-order chi connectivity index (χ0) is 22.7. The van der Waals surface area contributed by atoms with E-state index in [9.17, 15) is 27.2 Å². The van der Waals surface area contributed by atoms with E-state index in [1.807, 2.05) is 0 Å². The maximum absolute atomic E-state index is 13.1. The second-order valence-corrected chi connectivity index (χ2v) is 5.62. The van der Waals surface area contributed by atoms with Crippen LogP contribution in [0.4, 0.5) is 17.6 Å². The van der Waals surface area contributed by atoms with Gasteiger partial charge in [-0.2, -0.15) is 0 Å². The second-order valence-electron chi connectivity index (χ2n) is 5.06. The van der Waals surface area contributed by atoms with E-state index in [-0.39, 0.29) is 28.0 Å². The molecule has 2 rings (SSSR count). The van der Waals surface area contributed by atoms with Gasteiger partial charge in [-0.1, -0.05) is 15.9 Å². The molecule has 0 unspecified atom stereocenters. The fraction of sp³-hybridized carbons (Fsp3) is 0.222. The first-order chi connectivity index (χ1) is 13.7. The molecule has 11 heteroatoms. The molecule has 0 aliphatic rings. The Bertz CT molecular complexity index is 817. The summed E-state index contributed by atoms with van der Waals surface area (Å²) in [6.07, 6.45) is 0. The first-order valence-electron chi connectivity index (χ1n) is 7.46. The number of ether oxygens (including phenoxy) is 2. The Balaban J connectivity index is 0.000000499. The Kier molecular flexibility index (Phi) is 13.0. The van der Waals surface area contributed by atoms with Gasteiger partial charge in [0.15, 0.2) is 46.3 Å². The number of alkyl halides is 1. The van der Waals surface area contributed by atoms with Crippen molar-refractivity contribution in [1.82, 2.24) is 0 Å². The average molecular weight is 611 g/mol. The van der Waals surface area contributed by atoms with Crippen LogP contribution in [0.2, 0.25) is 0 Å². The minimum Gasteiger partial charge on any atom is -0.491 e. The van der Waals surface area contributed by atoms with Crippen molar-refractivity contribution in [3.8, 4) is 11.5 Å². The third kappa shape index (κ3) is 8.06. The lowest BCUT2D eigenvalue weighted by atomic mass is 10.1. The van der Waals surface area contributed by atoms with Crippen LogP contribution >= 0.6 is 44.2 Å². The smallest absolute Gasteiger partial charge is 0.190 e. The predicted octanol–water partition coefficient (Wildman–Crippen LogP) is 6.42. The predicted molar refractivity (Wildman–Crippen MR) is 112 cm³/mol. The molecule has 4 nitrogen and oxygen atoms in total. The molecule has 29 heavy (non-hydrogen) atoms. The normalized spacial score (nSPS) is 9.45. The Labute approximate surface area is 188 Å². The topological polar surface area (TPSA) is 52.6 Å². The number of rotatable bonds is 5. The van der Waals surface area contributed by atoms with Crippen LogP contribution < -0.4 is 9.47 Å². The number of hydrogen-bond acceptors (Lipinski definition) is 4. The molecule has 0 heterocycles. The highest BCUT2D eigenvalue weighted by molar-refractivity contribution is 9.93. The number of Topliss-reactive ketones (excluding diaryl/α,β-unsaturated/α-hetero) is 2.